The molecule has 0 aliphatic heterocycles. The molecule has 2 aromatic rings. The molecule has 0 fully saturated rings. The first-order valence-electron chi connectivity index (χ1n) is 10.7. The van der Waals surface area contributed by atoms with E-state index in [1.54, 1.807) is 6.92 Å². The number of aromatic nitrogens is 3. The van der Waals surface area contributed by atoms with E-state index < -0.39 is 0 Å². The Morgan fingerprint density at radius 1 is 1.17 bits per heavy atom. The minimum atomic E-state index is -0.338. The molecule has 0 spiro atoms. The van der Waals surface area contributed by atoms with Crippen molar-refractivity contribution in [1.29, 1.82) is 0 Å². The molecule has 1 amide bonds. The number of carbonyl (C=O) groups is 2. The van der Waals surface area contributed by atoms with Crippen LogP contribution in [0.25, 0.3) is 0 Å². The number of amides is 1. The van der Waals surface area contributed by atoms with Gasteiger partial charge in [0.15, 0.2) is 5.16 Å². The third-order valence-corrected chi connectivity index (χ3v) is 7.22. The number of hydrogen-bond donors (Lipinski definition) is 1. The Bertz CT molecular complexity index is 891. The van der Waals surface area contributed by atoms with Crippen LogP contribution in [0.3, 0.4) is 0 Å². The van der Waals surface area contributed by atoms with E-state index in [1.165, 1.54) is 34.4 Å². The van der Waals surface area contributed by atoms with Crippen molar-refractivity contribution in [1.82, 2.24) is 14.8 Å². The van der Waals surface area contributed by atoms with Crippen molar-refractivity contribution >= 4 is 40.0 Å². The summed E-state index contributed by atoms with van der Waals surface area (Å²) >= 11 is 2.90. The number of nitrogens with one attached hydrogen (secondary N) is 1. The lowest BCUT2D eigenvalue weighted by Gasteiger charge is -2.09. The van der Waals surface area contributed by atoms with Crippen LogP contribution < -0.4 is 5.32 Å². The lowest BCUT2D eigenvalue weighted by Crippen LogP contribution is -2.17. The number of ether oxygens (including phenoxy) is 1. The molecule has 0 aromatic carbocycles. The normalized spacial score (nSPS) is 13.6. The molecule has 1 aliphatic carbocycles. The SMILES string of the molecule is CCCn1c(CC)nnc1SCC(=O)Nc1sc2c(c1C(=O)OCC)CCCCC2. The Hall–Kier alpha value is -1.87. The van der Waals surface area contributed by atoms with Crippen LogP contribution in [0.15, 0.2) is 5.16 Å². The molecule has 2 heterocycles. The van der Waals surface area contributed by atoms with Crippen LogP contribution in [0, 0.1) is 0 Å². The number of anilines is 1. The van der Waals surface area contributed by atoms with E-state index in [0.29, 0.717) is 17.2 Å². The quantitative estimate of drug-likeness (QED) is 0.344. The van der Waals surface area contributed by atoms with E-state index in [1.807, 2.05) is 0 Å². The molecule has 0 bridgehead atoms. The van der Waals surface area contributed by atoms with Crippen molar-refractivity contribution in [3.63, 3.8) is 0 Å². The molecule has 0 saturated heterocycles. The molecule has 3 rings (SSSR count). The number of esters is 1. The van der Waals surface area contributed by atoms with Crippen molar-refractivity contribution < 1.29 is 14.3 Å². The second kappa shape index (κ2) is 10.9. The van der Waals surface area contributed by atoms with Gasteiger partial charge in [0.05, 0.1) is 17.9 Å². The topological polar surface area (TPSA) is 86.1 Å². The zero-order valence-electron chi connectivity index (χ0n) is 18.0. The van der Waals surface area contributed by atoms with Gasteiger partial charge in [0, 0.05) is 17.8 Å². The Morgan fingerprint density at radius 2 is 1.97 bits per heavy atom. The average molecular weight is 451 g/mol. The molecule has 0 saturated carbocycles. The number of rotatable bonds is 9. The van der Waals surface area contributed by atoms with Gasteiger partial charge in [-0.05, 0) is 44.6 Å². The first kappa shape index (κ1) is 22.8. The van der Waals surface area contributed by atoms with Gasteiger partial charge in [0.2, 0.25) is 5.91 Å². The van der Waals surface area contributed by atoms with E-state index in [4.69, 9.17) is 4.74 Å². The van der Waals surface area contributed by atoms with Crippen molar-refractivity contribution in [3.8, 4) is 0 Å². The molecule has 30 heavy (non-hydrogen) atoms. The number of aryl methyl sites for hydroxylation is 2. The van der Waals surface area contributed by atoms with Crippen LogP contribution in [-0.2, 0) is 35.3 Å². The molecular weight excluding hydrogens is 420 g/mol. The van der Waals surface area contributed by atoms with E-state index in [9.17, 15) is 9.59 Å². The fraction of sp³-hybridized carbons (Fsp3) is 0.619. The fourth-order valence-electron chi connectivity index (χ4n) is 3.68. The maximum Gasteiger partial charge on any atom is 0.341 e. The zero-order valence-corrected chi connectivity index (χ0v) is 19.6. The van der Waals surface area contributed by atoms with Crippen molar-refractivity contribution in [3.05, 3.63) is 21.8 Å². The van der Waals surface area contributed by atoms with Gasteiger partial charge < -0.3 is 14.6 Å². The molecule has 2 aromatic heterocycles. The number of thiophene rings is 1. The van der Waals surface area contributed by atoms with Gasteiger partial charge >= 0.3 is 5.97 Å². The molecule has 9 heteroatoms. The average Bonchev–Trinajstić information content (AvgIpc) is 3.19. The maximum absolute atomic E-state index is 12.7. The van der Waals surface area contributed by atoms with Gasteiger partial charge in [-0.25, -0.2) is 4.79 Å². The summed E-state index contributed by atoms with van der Waals surface area (Å²) in [6, 6.07) is 0. The summed E-state index contributed by atoms with van der Waals surface area (Å²) in [4.78, 5) is 26.5. The molecule has 1 N–H and O–H groups in total. The zero-order chi connectivity index (χ0) is 21.5. The van der Waals surface area contributed by atoms with Gasteiger partial charge in [0.25, 0.3) is 0 Å². The van der Waals surface area contributed by atoms with Gasteiger partial charge in [-0.1, -0.05) is 32.0 Å². The summed E-state index contributed by atoms with van der Waals surface area (Å²) in [6.45, 7) is 7.12. The number of nitrogens with zero attached hydrogens (tertiary/aromatic N) is 3. The molecular formula is C21H30N4O3S2. The first-order valence-corrected chi connectivity index (χ1v) is 12.6. The molecule has 0 atom stereocenters. The lowest BCUT2D eigenvalue weighted by atomic mass is 10.1. The smallest absolute Gasteiger partial charge is 0.341 e. The van der Waals surface area contributed by atoms with E-state index >= 15 is 0 Å². The van der Waals surface area contributed by atoms with Crippen LogP contribution in [0.2, 0.25) is 0 Å². The number of hydrogen-bond acceptors (Lipinski definition) is 7. The first-order chi connectivity index (χ1) is 14.6. The Labute approximate surface area is 186 Å². The van der Waals surface area contributed by atoms with Crippen molar-refractivity contribution in [2.45, 2.75) is 77.4 Å². The van der Waals surface area contributed by atoms with Crippen LogP contribution in [0.5, 0.6) is 0 Å². The maximum atomic E-state index is 12.7. The van der Waals surface area contributed by atoms with Crippen LogP contribution >= 0.6 is 23.1 Å². The largest absolute Gasteiger partial charge is 0.462 e. The molecule has 1 aliphatic rings. The Balaban J connectivity index is 1.74. The Kier molecular flexibility index (Phi) is 8.32. The van der Waals surface area contributed by atoms with Gasteiger partial charge in [0.1, 0.15) is 10.8 Å². The second-order valence-electron chi connectivity index (χ2n) is 7.23. The van der Waals surface area contributed by atoms with Crippen LogP contribution in [-0.4, -0.2) is 39.0 Å². The lowest BCUT2D eigenvalue weighted by molar-refractivity contribution is -0.113. The van der Waals surface area contributed by atoms with Gasteiger partial charge in [-0.3, -0.25) is 4.79 Å². The van der Waals surface area contributed by atoms with E-state index in [-0.39, 0.29) is 17.6 Å². The highest BCUT2D eigenvalue weighted by Gasteiger charge is 2.26. The summed E-state index contributed by atoms with van der Waals surface area (Å²) in [5.41, 5.74) is 1.62. The molecule has 0 unspecified atom stereocenters. The van der Waals surface area contributed by atoms with Crippen molar-refractivity contribution in [2.24, 2.45) is 0 Å². The van der Waals surface area contributed by atoms with Crippen molar-refractivity contribution in [2.75, 3.05) is 17.7 Å². The summed E-state index contributed by atoms with van der Waals surface area (Å²) in [6.07, 6.45) is 6.96. The number of thioether (sulfide) groups is 1. The van der Waals surface area contributed by atoms with Crippen LogP contribution in [0.4, 0.5) is 5.00 Å². The third-order valence-electron chi connectivity index (χ3n) is 5.04. The summed E-state index contributed by atoms with van der Waals surface area (Å²) in [5.74, 6) is 0.670. The highest BCUT2D eigenvalue weighted by Crippen LogP contribution is 2.38. The number of carbonyl (C=O) groups excluding carboxylic acids is 2. The van der Waals surface area contributed by atoms with Crippen LogP contribution in [0.1, 0.15) is 73.1 Å². The summed E-state index contributed by atoms with van der Waals surface area (Å²) < 4.78 is 7.37. The second-order valence-corrected chi connectivity index (χ2v) is 9.28. The molecule has 164 valence electrons. The molecule has 0 radical (unpaired) electrons. The minimum absolute atomic E-state index is 0.147. The molecule has 7 nitrogen and oxygen atoms in total. The monoisotopic (exact) mass is 450 g/mol. The summed E-state index contributed by atoms with van der Waals surface area (Å²) in [5, 5.41) is 12.8. The van der Waals surface area contributed by atoms with E-state index in [2.05, 4.69) is 33.9 Å². The number of fused-ring (bicyclic) bond motifs is 1. The summed E-state index contributed by atoms with van der Waals surface area (Å²) in [7, 11) is 0. The predicted octanol–water partition coefficient (Wildman–Crippen LogP) is 4.49. The van der Waals surface area contributed by atoms with E-state index in [0.717, 1.165) is 61.6 Å². The predicted molar refractivity (Wildman–Crippen MR) is 121 cm³/mol. The van der Waals surface area contributed by atoms with Gasteiger partial charge in [-0.2, -0.15) is 0 Å². The highest BCUT2D eigenvalue weighted by molar-refractivity contribution is 7.99. The van der Waals surface area contributed by atoms with Gasteiger partial charge in [-0.15, -0.1) is 21.5 Å². The highest BCUT2D eigenvalue weighted by atomic mass is 32.2. The fourth-order valence-corrected chi connectivity index (χ4v) is 5.76. The minimum Gasteiger partial charge on any atom is -0.462 e. The third kappa shape index (κ3) is 5.24. The standard InChI is InChI=1S/C21H30N4O3S2/c1-4-12-25-16(5-2)23-24-21(25)29-13-17(26)22-19-18(20(27)28-6-3)14-10-8-7-9-11-15(14)30-19/h4-13H2,1-3H3,(H,22,26). The Morgan fingerprint density at radius 3 is 2.70 bits per heavy atom.